The summed E-state index contributed by atoms with van der Waals surface area (Å²) in [5.41, 5.74) is 2.55. The molecule has 1 aromatic carbocycles. The summed E-state index contributed by atoms with van der Waals surface area (Å²) >= 11 is 0. The van der Waals surface area contributed by atoms with E-state index in [1.807, 2.05) is 18.2 Å². The summed E-state index contributed by atoms with van der Waals surface area (Å²) in [5.74, 6) is 0.413. The molecule has 8 heteroatoms. The van der Waals surface area contributed by atoms with Crippen LogP contribution in [-0.2, 0) is 19.4 Å². The van der Waals surface area contributed by atoms with Gasteiger partial charge in [-0.05, 0) is 43.0 Å². The number of aromatic amines is 2. The van der Waals surface area contributed by atoms with Crippen molar-refractivity contribution in [1.82, 2.24) is 24.8 Å². The monoisotopic (exact) mass is 405 g/mol. The van der Waals surface area contributed by atoms with E-state index in [0.29, 0.717) is 49.5 Å². The first-order valence-electron chi connectivity index (χ1n) is 10.3. The molecule has 1 saturated heterocycles. The van der Waals surface area contributed by atoms with Gasteiger partial charge in [0.05, 0.1) is 17.4 Å². The van der Waals surface area contributed by atoms with Gasteiger partial charge in [-0.3, -0.25) is 19.3 Å². The summed E-state index contributed by atoms with van der Waals surface area (Å²) in [5, 5.41) is 0.580. The fourth-order valence-corrected chi connectivity index (χ4v) is 4.37. The zero-order valence-electron chi connectivity index (χ0n) is 16.6. The second-order valence-corrected chi connectivity index (χ2v) is 7.97. The lowest BCUT2D eigenvalue weighted by Gasteiger charge is -2.34. The average molecular weight is 405 g/mol. The molecule has 2 aromatic heterocycles. The van der Waals surface area contributed by atoms with Crippen molar-refractivity contribution >= 4 is 16.8 Å². The normalized spacial score (nSPS) is 16.7. The van der Waals surface area contributed by atoms with Gasteiger partial charge in [-0.15, -0.1) is 0 Å². The summed E-state index contributed by atoms with van der Waals surface area (Å²) < 4.78 is 0. The molecule has 3 heterocycles. The summed E-state index contributed by atoms with van der Waals surface area (Å²) in [6.07, 6.45) is 2.81. The quantitative estimate of drug-likeness (QED) is 0.678. The summed E-state index contributed by atoms with van der Waals surface area (Å²) in [4.78, 5) is 51.7. The average Bonchev–Trinajstić information content (AvgIpc) is 3.20. The Kier molecular flexibility index (Phi) is 4.71. The van der Waals surface area contributed by atoms with Crippen LogP contribution in [0.15, 0.2) is 39.9 Å². The van der Waals surface area contributed by atoms with Crippen LogP contribution in [0.3, 0.4) is 0 Å². The van der Waals surface area contributed by atoms with E-state index in [1.54, 1.807) is 17.0 Å². The SMILES string of the molecule is O=C(c1cc2c([nH]c1=O)CCC2)N1CCN(Cc2nc3ccccc3c(=O)[nH]2)CC1. The summed E-state index contributed by atoms with van der Waals surface area (Å²) in [6.45, 7) is 2.90. The number of carbonyl (C=O) groups excluding carboxylic acids is 1. The number of aryl methyl sites for hydroxylation is 2. The zero-order valence-corrected chi connectivity index (χ0v) is 16.6. The number of nitrogens with one attached hydrogen (secondary N) is 2. The molecule has 1 amide bonds. The lowest BCUT2D eigenvalue weighted by Crippen LogP contribution is -2.49. The highest BCUT2D eigenvalue weighted by atomic mass is 16.2. The number of pyridine rings is 1. The molecule has 2 aliphatic rings. The molecular weight excluding hydrogens is 382 g/mol. The van der Waals surface area contributed by atoms with Crippen molar-refractivity contribution in [2.45, 2.75) is 25.8 Å². The van der Waals surface area contributed by atoms with Crippen molar-refractivity contribution in [1.29, 1.82) is 0 Å². The Balaban J connectivity index is 1.26. The second-order valence-electron chi connectivity index (χ2n) is 7.97. The molecule has 154 valence electrons. The van der Waals surface area contributed by atoms with E-state index in [9.17, 15) is 14.4 Å². The molecular formula is C22H23N5O3. The molecule has 8 nitrogen and oxygen atoms in total. The minimum absolute atomic E-state index is 0.139. The maximum atomic E-state index is 12.9. The Morgan fingerprint density at radius 2 is 1.80 bits per heavy atom. The first-order chi connectivity index (χ1) is 14.6. The number of amides is 1. The molecule has 0 saturated carbocycles. The van der Waals surface area contributed by atoms with E-state index in [4.69, 9.17) is 0 Å². The number of hydrogen-bond donors (Lipinski definition) is 2. The molecule has 3 aromatic rings. The highest BCUT2D eigenvalue weighted by Gasteiger charge is 2.26. The lowest BCUT2D eigenvalue weighted by molar-refractivity contribution is 0.0623. The van der Waals surface area contributed by atoms with E-state index in [1.165, 1.54) is 0 Å². The first-order valence-corrected chi connectivity index (χ1v) is 10.3. The molecule has 1 fully saturated rings. The fraction of sp³-hybridized carbons (Fsp3) is 0.364. The number of hydrogen-bond acceptors (Lipinski definition) is 5. The maximum Gasteiger partial charge on any atom is 0.261 e. The number of H-pyrrole nitrogens is 2. The minimum Gasteiger partial charge on any atom is -0.336 e. The number of aromatic nitrogens is 3. The molecule has 0 radical (unpaired) electrons. The van der Waals surface area contributed by atoms with Gasteiger partial charge in [-0.1, -0.05) is 12.1 Å². The highest BCUT2D eigenvalue weighted by molar-refractivity contribution is 5.94. The fourth-order valence-electron chi connectivity index (χ4n) is 4.37. The van der Waals surface area contributed by atoms with Crippen LogP contribution in [-0.4, -0.2) is 56.8 Å². The Hall–Kier alpha value is -3.26. The third-order valence-electron chi connectivity index (χ3n) is 6.01. The van der Waals surface area contributed by atoms with Gasteiger partial charge in [0.2, 0.25) is 0 Å². The van der Waals surface area contributed by atoms with Gasteiger partial charge >= 0.3 is 0 Å². The second kappa shape index (κ2) is 7.53. The zero-order chi connectivity index (χ0) is 20.7. The number of nitrogens with zero attached hydrogens (tertiary/aromatic N) is 3. The highest BCUT2D eigenvalue weighted by Crippen LogP contribution is 2.19. The van der Waals surface area contributed by atoms with Crippen molar-refractivity contribution in [3.8, 4) is 0 Å². The van der Waals surface area contributed by atoms with E-state index in [2.05, 4.69) is 19.9 Å². The number of carbonyl (C=O) groups is 1. The number of piperazine rings is 1. The molecule has 5 rings (SSSR count). The van der Waals surface area contributed by atoms with Crippen LogP contribution in [0.4, 0.5) is 0 Å². The van der Waals surface area contributed by atoms with Gasteiger partial charge in [0.25, 0.3) is 17.0 Å². The van der Waals surface area contributed by atoms with Crippen LogP contribution in [0.25, 0.3) is 10.9 Å². The van der Waals surface area contributed by atoms with Gasteiger partial charge in [0.1, 0.15) is 11.4 Å². The summed E-state index contributed by atoms with van der Waals surface area (Å²) in [7, 11) is 0. The van der Waals surface area contributed by atoms with Crippen LogP contribution in [0.2, 0.25) is 0 Å². The Morgan fingerprint density at radius 3 is 2.63 bits per heavy atom. The van der Waals surface area contributed by atoms with Crippen LogP contribution >= 0.6 is 0 Å². The smallest absolute Gasteiger partial charge is 0.261 e. The number of fused-ring (bicyclic) bond motifs is 2. The van der Waals surface area contributed by atoms with E-state index in [-0.39, 0.29) is 22.6 Å². The Morgan fingerprint density at radius 1 is 1.00 bits per heavy atom. The van der Waals surface area contributed by atoms with Crippen molar-refractivity contribution in [2.75, 3.05) is 26.2 Å². The third-order valence-corrected chi connectivity index (χ3v) is 6.01. The Bertz CT molecular complexity index is 1240. The predicted octanol–water partition coefficient (Wildman–Crippen LogP) is 1.06. The molecule has 0 bridgehead atoms. The van der Waals surface area contributed by atoms with Crippen molar-refractivity contribution in [3.63, 3.8) is 0 Å². The summed E-state index contributed by atoms with van der Waals surface area (Å²) in [6, 6.07) is 9.05. The number of benzene rings is 1. The van der Waals surface area contributed by atoms with Gasteiger partial charge in [0, 0.05) is 31.9 Å². The standard InChI is InChI=1S/C22H23N5O3/c28-20-15-5-1-2-6-18(15)23-19(25-20)13-26-8-10-27(11-9-26)22(30)16-12-14-4-3-7-17(14)24-21(16)29/h1-2,5-6,12H,3-4,7-11,13H2,(H,24,29)(H,23,25,28). The largest absolute Gasteiger partial charge is 0.336 e. The predicted molar refractivity (Wildman–Crippen MR) is 113 cm³/mol. The molecule has 2 N–H and O–H groups in total. The Labute approximate surface area is 172 Å². The van der Waals surface area contributed by atoms with Gasteiger partial charge < -0.3 is 14.9 Å². The lowest BCUT2D eigenvalue weighted by atomic mass is 10.1. The van der Waals surface area contributed by atoms with Gasteiger partial charge in [-0.2, -0.15) is 0 Å². The third kappa shape index (κ3) is 3.43. The molecule has 1 aliphatic carbocycles. The van der Waals surface area contributed by atoms with Gasteiger partial charge in [0.15, 0.2) is 0 Å². The molecule has 0 unspecified atom stereocenters. The van der Waals surface area contributed by atoms with Crippen molar-refractivity contribution in [3.05, 3.63) is 73.7 Å². The number of para-hydroxylation sites is 1. The minimum atomic E-state index is -0.291. The van der Waals surface area contributed by atoms with Crippen molar-refractivity contribution < 1.29 is 4.79 Å². The van der Waals surface area contributed by atoms with E-state index in [0.717, 1.165) is 30.5 Å². The van der Waals surface area contributed by atoms with Crippen LogP contribution in [0, 0.1) is 0 Å². The molecule has 0 spiro atoms. The van der Waals surface area contributed by atoms with Crippen LogP contribution in [0.1, 0.15) is 33.9 Å². The maximum absolute atomic E-state index is 12.9. The number of rotatable bonds is 3. The van der Waals surface area contributed by atoms with E-state index < -0.39 is 0 Å². The van der Waals surface area contributed by atoms with Gasteiger partial charge in [-0.25, -0.2) is 4.98 Å². The molecule has 1 aliphatic heterocycles. The van der Waals surface area contributed by atoms with Crippen LogP contribution in [0.5, 0.6) is 0 Å². The topological polar surface area (TPSA) is 102 Å². The van der Waals surface area contributed by atoms with Crippen molar-refractivity contribution in [2.24, 2.45) is 0 Å². The van der Waals surface area contributed by atoms with E-state index >= 15 is 0 Å². The first kappa shape index (κ1) is 18.7. The van der Waals surface area contributed by atoms with Crippen LogP contribution < -0.4 is 11.1 Å². The molecule has 30 heavy (non-hydrogen) atoms. The molecule has 0 atom stereocenters.